The summed E-state index contributed by atoms with van der Waals surface area (Å²) in [6.45, 7) is 9.66. The Balaban J connectivity index is 1.83. The van der Waals surface area contributed by atoms with Gasteiger partial charge in [0.2, 0.25) is 5.91 Å². The van der Waals surface area contributed by atoms with E-state index in [0.717, 1.165) is 26.2 Å². The van der Waals surface area contributed by atoms with Gasteiger partial charge in [-0.2, -0.15) is 0 Å². The van der Waals surface area contributed by atoms with Crippen molar-refractivity contribution in [2.75, 3.05) is 45.9 Å². The predicted octanol–water partition coefficient (Wildman–Crippen LogP) is -0.473. The zero-order valence-electron chi connectivity index (χ0n) is 10.8. The van der Waals surface area contributed by atoms with E-state index >= 15 is 0 Å². The zero-order chi connectivity index (χ0) is 12.3. The first-order valence-electron chi connectivity index (χ1n) is 6.50. The van der Waals surface area contributed by atoms with Crippen LogP contribution in [0.5, 0.6) is 0 Å². The van der Waals surface area contributed by atoms with Crippen LogP contribution in [0.15, 0.2) is 0 Å². The fourth-order valence-corrected chi connectivity index (χ4v) is 2.40. The molecule has 2 fully saturated rings. The minimum absolute atomic E-state index is 0.245. The average Bonchev–Trinajstić information content (AvgIpc) is 2.35. The van der Waals surface area contributed by atoms with Crippen LogP contribution in [0.25, 0.3) is 0 Å². The molecule has 1 amide bonds. The van der Waals surface area contributed by atoms with Crippen molar-refractivity contribution in [3.8, 4) is 0 Å². The molecule has 2 aliphatic rings. The summed E-state index contributed by atoms with van der Waals surface area (Å²) in [6.07, 6.45) is 0. The molecule has 2 atom stereocenters. The first-order chi connectivity index (χ1) is 8.16. The standard InChI is InChI=1S/C12H23N3O2/c1-10-8-15(11(2)7-13-10)9-12(16)14-3-5-17-6-4-14/h10-11,13H,3-9H2,1-2H3. The lowest BCUT2D eigenvalue weighted by Gasteiger charge is -2.38. The zero-order valence-corrected chi connectivity index (χ0v) is 10.8. The average molecular weight is 241 g/mol. The SMILES string of the molecule is CC1CN(CC(=O)N2CCOCC2)C(C)CN1. The fourth-order valence-electron chi connectivity index (χ4n) is 2.40. The molecule has 2 unspecified atom stereocenters. The number of hydrogen-bond acceptors (Lipinski definition) is 4. The molecular weight excluding hydrogens is 218 g/mol. The van der Waals surface area contributed by atoms with Gasteiger partial charge >= 0.3 is 0 Å². The second kappa shape index (κ2) is 5.80. The molecule has 2 heterocycles. The molecule has 0 radical (unpaired) electrons. The number of rotatable bonds is 2. The van der Waals surface area contributed by atoms with Crippen LogP contribution in [-0.4, -0.2) is 73.7 Å². The summed E-state index contributed by atoms with van der Waals surface area (Å²) in [6, 6.07) is 0.917. The highest BCUT2D eigenvalue weighted by Gasteiger charge is 2.26. The lowest BCUT2D eigenvalue weighted by Crippen LogP contribution is -2.57. The Morgan fingerprint density at radius 2 is 2.06 bits per heavy atom. The van der Waals surface area contributed by atoms with Gasteiger partial charge in [-0.15, -0.1) is 0 Å². The second-order valence-corrected chi connectivity index (χ2v) is 5.08. The summed E-state index contributed by atoms with van der Waals surface area (Å²) in [5.41, 5.74) is 0. The molecule has 0 spiro atoms. The van der Waals surface area contributed by atoms with Gasteiger partial charge in [-0.1, -0.05) is 0 Å². The van der Waals surface area contributed by atoms with Crippen LogP contribution in [0.1, 0.15) is 13.8 Å². The quantitative estimate of drug-likeness (QED) is 0.710. The van der Waals surface area contributed by atoms with E-state index in [-0.39, 0.29) is 5.91 Å². The van der Waals surface area contributed by atoms with E-state index in [4.69, 9.17) is 4.74 Å². The summed E-state index contributed by atoms with van der Waals surface area (Å²) in [7, 11) is 0. The van der Waals surface area contributed by atoms with Gasteiger partial charge in [0, 0.05) is 38.3 Å². The van der Waals surface area contributed by atoms with Gasteiger partial charge in [0.25, 0.3) is 0 Å². The van der Waals surface area contributed by atoms with Crippen LogP contribution in [0.4, 0.5) is 0 Å². The van der Waals surface area contributed by atoms with Crippen molar-refractivity contribution >= 4 is 5.91 Å². The van der Waals surface area contributed by atoms with Crippen molar-refractivity contribution in [3.05, 3.63) is 0 Å². The maximum atomic E-state index is 12.1. The molecule has 2 aliphatic heterocycles. The summed E-state index contributed by atoms with van der Waals surface area (Å²) < 4.78 is 5.26. The second-order valence-electron chi connectivity index (χ2n) is 5.08. The van der Waals surface area contributed by atoms with Crippen LogP contribution in [0, 0.1) is 0 Å². The fraction of sp³-hybridized carbons (Fsp3) is 0.917. The number of piperazine rings is 1. The van der Waals surface area contributed by atoms with Crippen LogP contribution in [0.2, 0.25) is 0 Å². The van der Waals surface area contributed by atoms with Gasteiger partial charge in [0.05, 0.1) is 19.8 Å². The Morgan fingerprint density at radius 1 is 1.35 bits per heavy atom. The van der Waals surface area contributed by atoms with Crippen LogP contribution < -0.4 is 5.32 Å². The molecule has 0 saturated carbocycles. The minimum atomic E-state index is 0.245. The van der Waals surface area contributed by atoms with Crippen molar-refractivity contribution in [2.45, 2.75) is 25.9 Å². The number of carbonyl (C=O) groups excluding carboxylic acids is 1. The maximum absolute atomic E-state index is 12.1. The third-order valence-corrected chi connectivity index (χ3v) is 3.60. The number of nitrogens with one attached hydrogen (secondary N) is 1. The summed E-state index contributed by atoms with van der Waals surface area (Å²) >= 11 is 0. The highest BCUT2D eigenvalue weighted by atomic mass is 16.5. The molecule has 98 valence electrons. The molecule has 0 aromatic heterocycles. The van der Waals surface area contributed by atoms with Crippen molar-refractivity contribution in [1.82, 2.24) is 15.1 Å². The van der Waals surface area contributed by atoms with Gasteiger partial charge in [-0.05, 0) is 13.8 Å². The first-order valence-corrected chi connectivity index (χ1v) is 6.50. The highest BCUT2D eigenvalue weighted by Crippen LogP contribution is 2.07. The number of ether oxygens (including phenoxy) is 1. The van der Waals surface area contributed by atoms with Gasteiger partial charge in [0.15, 0.2) is 0 Å². The predicted molar refractivity (Wildman–Crippen MR) is 65.9 cm³/mol. The smallest absolute Gasteiger partial charge is 0.236 e. The molecule has 5 heteroatoms. The van der Waals surface area contributed by atoms with E-state index in [1.54, 1.807) is 0 Å². The summed E-state index contributed by atoms with van der Waals surface area (Å²) in [4.78, 5) is 16.3. The summed E-state index contributed by atoms with van der Waals surface area (Å²) in [5, 5.41) is 3.43. The topological polar surface area (TPSA) is 44.8 Å². The Labute approximate surface area is 103 Å². The Hall–Kier alpha value is -0.650. The number of morpholine rings is 1. The Kier molecular flexibility index (Phi) is 4.36. The third-order valence-electron chi connectivity index (χ3n) is 3.60. The molecule has 1 N–H and O–H groups in total. The van der Waals surface area contributed by atoms with Crippen molar-refractivity contribution in [2.24, 2.45) is 0 Å². The minimum Gasteiger partial charge on any atom is -0.378 e. The lowest BCUT2D eigenvalue weighted by molar-refractivity contribution is -0.137. The van der Waals surface area contributed by atoms with Crippen LogP contribution in [0.3, 0.4) is 0 Å². The Morgan fingerprint density at radius 3 is 2.76 bits per heavy atom. The molecule has 17 heavy (non-hydrogen) atoms. The molecule has 2 saturated heterocycles. The largest absolute Gasteiger partial charge is 0.378 e. The maximum Gasteiger partial charge on any atom is 0.236 e. The molecule has 0 aromatic rings. The molecular formula is C12H23N3O2. The normalized spacial score (nSPS) is 31.5. The first kappa shape index (κ1) is 12.8. The van der Waals surface area contributed by atoms with Crippen molar-refractivity contribution < 1.29 is 9.53 Å². The van der Waals surface area contributed by atoms with E-state index < -0.39 is 0 Å². The molecule has 0 bridgehead atoms. The van der Waals surface area contributed by atoms with E-state index in [0.29, 0.717) is 31.8 Å². The number of amides is 1. The monoisotopic (exact) mass is 241 g/mol. The van der Waals surface area contributed by atoms with E-state index in [9.17, 15) is 4.79 Å². The van der Waals surface area contributed by atoms with Gasteiger partial charge in [0.1, 0.15) is 0 Å². The number of carbonyl (C=O) groups is 1. The highest BCUT2D eigenvalue weighted by molar-refractivity contribution is 5.78. The van der Waals surface area contributed by atoms with Gasteiger partial charge in [-0.3, -0.25) is 9.69 Å². The molecule has 0 aliphatic carbocycles. The van der Waals surface area contributed by atoms with Crippen LogP contribution in [-0.2, 0) is 9.53 Å². The van der Waals surface area contributed by atoms with E-state index in [1.165, 1.54) is 0 Å². The van der Waals surface area contributed by atoms with Crippen molar-refractivity contribution in [3.63, 3.8) is 0 Å². The van der Waals surface area contributed by atoms with Gasteiger partial charge < -0.3 is 15.0 Å². The number of hydrogen-bond donors (Lipinski definition) is 1. The molecule has 5 nitrogen and oxygen atoms in total. The Bertz CT molecular complexity index is 266. The van der Waals surface area contributed by atoms with E-state index in [2.05, 4.69) is 24.1 Å². The lowest BCUT2D eigenvalue weighted by atomic mass is 10.1. The number of nitrogens with zero attached hydrogens (tertiary/aromatic N) is 2. The van der Waals surface area contributed by atoms with Crippen LogP contribution >= 0.6 is 0 Å². The molecule has 2 rings (SSSR count). The molecule has 0 aromatic carbocycles. The van der Waals surface area contributed by atoms with Crippen molar-refractivity contribution in [1.29, 1.82) is 0 Å². The summed E-state index contributed by atoms with van der Waals surface area (Å²) in [5.74, 6) is 0.245. The van der Waals surface area contributed by atoms with E-state index in [1.807, 2.05) is 4.90 Å². The van der Waals surface area contributed by atoms with Gasteiger partial charge in [-0.25, -0.2) is 0 Å². The third kappa shape index (κ3) is 3.40.